The first kappa shape index (κ1) is 42.3. The smallest absolute Gasteiger partial charge is 0.160 e. The van der Waals surface area contributed by atoms with Crippen LogP contribution in [0.15, 0.2) is 249 Å². The minimum absolute atomic E-state index is 0.146. The Kier molecular flexibility index (Phi) is 9.31. The van der Waals surface area contributed by atoms with Gasteiger partial charge in [0, 0.05) is 38.1 Å². The summed E-state index contributed by atoms with van der Waals surface area (Å²) in [6.07, 6.45) is 0. The van der Waals surface area contributed by atoms with Gasteiger partial charge in [0.15, 0.2) is 5.82 Å². The van der Waals surface area contributed by atoms with E-state index in [1.165, 1.54) is 65.7 Å². The molecule has 14 aromatic rings. The molecule has 15 rings (SSSR count). The topological polar surface area (TPSA) is 30.7 Å². The van der Waals surface area contributed by atoms with Gasteiger partial charge in [0.2, 0.25) is 0 Å². The lowest BCUT2D eigenvalue weighted by Crippen LogP contribution is -2.16. The lowest BCUT2D eigenvalue weighted by Gasteiger charge is -2.24. The third-order valence-corrected chi connectivity index (χ3v) is 15.9. The molecular formula is C71H47N3. The van der Waals surface area contributed by atoms with Crippen molar-refractivity contribution < 1.29 is 0 Å². The van der Waals surface area contributed by atoms with Crippen molar-refractivity contribution in [3.8, 4) is 72.8 Å². The highest BCUT2D eigenvalue weighted by Crippen LogP contribution is 2.53. The predicted molar refractivity (Wildman–Crippen MR) is 311 cm³/mol. The summed E-state index contributed by atoms with van der Waals surface area (Å²) in [6.45, 7) is 4.76. The van der Waals surface area contributed by atoms with Crippen molar-refractivity contribution in [3.05, 3.63) is 260 Å². The van der Waals surface area contributed by atoms with Gasteiger partial charge in [-0.25, -0.2) is 9.97 Å². The van der Waals surface area contributed by atoms with Crippen LogP contribution in [0.4, 0.5) is 0 Å². The van der Waals surface area contributed by atoms with E-state index in [2.05, 4.69) is 267 Å². The van der Waals surface area contributed by atoms with Gasteiger partial charge in [-0.05, 0) is 137 Å². The van der Waals surface area contributed by atoms with Crippen LogP contribution in [-0.2, 0) is 5.41 Å². The van der Waals surface area contributed by atoms with Crippen molar-refractivity contribution in [1.29, 1.82) is 0 Å². The largest absolute Gasteiger partial charge is 0.309 e. The fourth-order valence-corrected chi connectivity index (χ4v) is 12.4. The molecule has 3 heteroatoms. The quantitative estimate of drug-likeness (QED) is 0.166. The molecule has 74 heavy (non-hydrogen) atoms. The highest BCUT2D eigenvalue weighted by atomic mass is 15.0. The van der Waals surface area contributed by atoms with Gasteiger partial charge >= 0.3 is 0 Å². The number of benzene rings is 12. The standard InChI is InChI=1S/C71H47N3/c1-71(2)63-31-16-15-28-56(63)57-30-17-29-55(68(57)71)51-34-35-65-60(39-51)61-38-48-24-11-12-25-49(48)40-67(61)74(65)66-41-53(37-50-26-13-14-27-54(50)66)70-72-64-43-59(46-21-7-4-8-22-46)58(45-19-5-3-6-20-45)42-62(64)69(73-70)52-33-32-44-18-9-10-23-47(44)36-52/h3-43H,1-2H3. The molecule has 1 aliphatic rings. The van der Waals surface area contributed by atoms with Crippen LogP contribution in [0, 0.1) is 0 Å². The van der Waals surface area contributed by atoms with E-state index >= 15 is 0 Å². The molecule has 3 nitrogen and oxygen atoms in total. The first-order chi connectivity index (χ1) is 36.4. The highest BCUT2D eigenvalue weighted by molar-refractivity contribution is 6.16. The second kappa shape index (κ2) is 16.3. The predicted octanol–water partition coefficient (Wildman–Crippen LogP) is 18.8. The van der Waals surface area contributed by atoms with Gasteiger partial charge in [0.25, 0.3) is 0 Å². The summed E-state index contributed by atoms with van der Waals surface area (Å²) >= 11 is 0. The molecule has 12 aromatic carbocycles. The second-order valence-corrected chi connectivity index (χ2v) is 20.5. The van der Waals surface area contributed by atoms with Crippen LogP contribution in [0.2, 0.25) is 0 Å². The first-order valence-corrected chi connectivity index (χ1v) is 25.6. The Morgan fingerprint density at radius 3 is 1.70 bits per heavy atom. The van der Waals surface area contributed by atoms with E-state index in [4.69, 9.17) is 9.97 Å². The number of nitrogens with zero attached hydrogens (tertiary/aromatic N) is 3. The summed E-state index contributed by atoms with van der Waals surface area (Å²) in [5.74, 6) is 0.675. The Bertz CT molecular complexity index is 4620. The van der Waals surface area contributed by atoms with Gasteiger partial charge in [-0.2, -0.15) is 0 Å². The number of hydrogen-bond donors (Lipinski definition) is 0. The number of aromatic nitrogens is 3. The molecule has 0 N–H and O–H groups in total. The van der Waals surface area contributed by atoms with Gasteiger partial charge in [-0.1, -0.05) is 208 Å². The van der Waals surface area contributed by atoms with Crippen LogP contribution < -0.4 is 0 Å². The first-order valence-electron chi connectivity index (χ1n) is 25.6. The number of rotatable bonds is 6. The fourth-order valence-electron chi connectivity index (χ4n) is 12.4. The monoisotopic (exact) mass is 941 g/mol. The lowest BCUT2D eigenvalue weighted by atomic mass is 9.79. The van der Waals surface area contributed by atoms with E-state index in [9.17, 15) is 0 Å². The van der Waals surface area contributed by atoms with Crippen LogP contribution in [0.3, 0.4) is 0 Å². The van der Waals surface area contributed by atoms with Crippen molar-refractivity contribution in [2.24, 2.45) is 0 Å². The maximum absolute atomic E-state index is 5.66. The summed E-state index contributed by atoms with van der Waals surface area (Å²) in [4.78, 5) is 11.2. The third kappa shape index (κ3) is 6.53. The van der Waals surface area contributed by atoms with Gasteiger partial charge < -0.3 is 4.57 Å². The zero-order valence-corrected chi connectivity index (χ0v) is 41.0. The summed E-state index contributed by atoms with van der Waals surface area (Å²) < 4.78 is 2.49. The zero-order valence-electron chi connectivity index (χ0n) is 41.0. The van der Waals surface area contributed by atoms with Gasteiger partial charge in [0.1, 0.15) is 0 Å². The SMILES string of the molecule is CC1(C)c2ccccc2-c2cccc(-c3ccc4c(c3)c3cc5ccccc5cc3n4-c3cc(-c4nc(-c5ccc6ccccc6c5)c5cc(-c6ccccc6)c(-c6ccccc6)cc5n4)cc4ccccc34)c21. The number of hydrogen-bond acceptors (Lipinski definition) is 2. The van der Waals surface area contributed by atoms with Crippen LogP contribution in [-0.4, -0.2) is 14.5 Å². The molecule has 0 spiro atoms. The molecule has 0 unspecified atom stereocenters. The Balaban J connectivity index is 0.991. The molecule has 0 bridgehead atoms. The van der Waals surface area contributed by atoms with Gasteiger partial charge in [0.05, 0.1) is 27.9 Å². The zero-order chi connectivity index (χ0) is 49.1. The van der Waals surface area contributed by atoms with Crippen LogP contribution in [0.1, 0.15) is 25.0 Å². The minimum atomic E-state index is -0.146. The molecule has 0 aliphatic heterocycles. The van der Waals surface area contributed by atoms with Gasteiger partial charge in [-0.3, -0.25) is 0 Å². The normalized spacial score (nSPS) is 12.8. The molecule has 0 atom stereocenters. The maximum atomic E-state index is 5.66. The van der Waals surface area contributed by atoms with E-state index < -0.39 is 0 Å². The van der Waals surface area contributed by atoms with Crippen molar-refractivity contribution in [2.75, 3.05) is 0 Å². The highest BCUT2D eigenvalue weighted by Gasteiger charge is 2.37. The molecule has 2 aromatic heterocycles. The van der Waals surface area contributed by atoms with Crippen molar-refractivity contribution in [3.63, 3.8) is 0 Å². The Morgan fingerprint density at radius 2 is 0.919 bits per heavy atom. The summed E-state index contributed by atoms with van der Waals surface area (Å²) in [7, 11) is 0. The average Bonchev–Trinajstić information content (AvgIpc) is 3.90. The van der Waals surface area contributed by atoms with Crippen molar-refractivity contribution >= 4 is 65.0 Å². The lowest BCUT2D eigenvalue weighted by molar-refractivity contribution is 0.662. The van der Waals surface area contributed by atoms with E-state index in [0.717, 1.165) is 77.5 Å². The fraction of sp³-hybridized carbons (Fsp3) is 0.0423. The summed E-state index contributed by atoms with van der Waals surface area (Å²) in [6, 6.07) is 91.1. The maximum Gasteiger partial charge on any atom is 0.160 e. The van der Waals surface area contributed by atoms with E-state index in [0.29, 0.717) is 5.82 Å². The van der Waals surface area contributed by atoms with E-state index in [-0.39, 0.29) is 5.41 Å². The van der Waals surface area contributed by atoms with Crippen LogP contribution in [0.25, 0.3) is 138 Å². The van der Waals surface area contributed by atoms with Gasteiger partial charge in [-0.15, -0.1) is 0 Å². The average molecular weight is 942 g/mol. The minimum Gasteiger partial charge on any atom is -0.309 e. The van der Waals surface area contributed by atoms with Crippen molar-refractivity contribution in [1.82, 2.24) is 14.5 Å². The molecule has 2 heterocycles. The molecule has 0 fully saturated rings. The number of fused-ring (bicyclic) bond motifs is 10. The Labute approximate surface area is 429 Å². The Hall–Kier alpha value is -9.44. The molecule has 0 saturated heterocycles. The van der Waals surface area contributed by atoms with Crippen LogP contribution in [0.5, 0.6) is 0 Å². The summed E-state index contributed by atoms with van der Waals surface area (Å²) in [5, 5.41) is 10.5. The van der Waals surface area contributed by atoms with E-state index in [1.807, 2.05) is 0 Å². The van der Waals surface area contributed by atoms with Crippen molar-refractivity contribution in [2.45, 2.75) is 19.3 Å². The molecule has 1 aliphatic carbocycles. The molecule has 0 amide bonds. The summed E-state index contributed by atoms with van der Waals surface area (Å²) in [5.41, 5.74) is 19.5. The molecule has 346 valence electrons. The van der Waals surface area contributed by atoms with Crippen LogP contribution >= 0.6 is 0 Å². The molecular weight excluding hydrogens is 895 g/mol. The molecule has 0 saturated carbocycles. The van der Waals surface area contributed by atoms with E-state index in [1.54, 1.807) is 0 Å². The Morgan fingerprint density at radius 1 is 0.324 bits per heavy atom. The molecule has 0 radical (unpaired) electrons. The second-order valence-electron chi connectivity index (χ2n) is 20.5. The third-order valence-electron chi connectivity index (χ3n) is 15.9.